The topological polar surface area (TPSA) is 16.1 Å². The molecule has 1 aromatic heterocycles. The third-order valence-electron chi connectivity index (χ3n) is 4.84. The number of hydrogen-bond acceptors (Lipinski definition) is 3. The number of benzene rings is 2. The highest BCUT2D eigenvalue weighted by molar-refractivity contribution is 7.16. The van der Waals surface area contributed by atoms with E-state index in [4.69, 9.17) is 0 Å². The molecule has 0 fully saturated rings. The van der Waals surface area contributed by atoms with Crippen molar-refractivity contribution in [1.29, 1.82) is 0 Å². The molecule has 0 unspecified atom stereocenters. The molecule has 1 atom stereocenters. The van der Waals surface area contributed by atoms with Crippen molar-refractivity contribution in [1.82, 2.24) is 9.88 Å². The van der Waals surface area contributed by atoms with Gasteiger partial charge in [0.05, 0.1) is 15.7 Å². The Labute approximate surface area is 135 Å². The minimum Gasteiger partial charge on any atom is -0.296 e. The van der Waals surface area contributed by atoms with Crippen LogP contribution in [0.15, 0.2) is 48.0 Å². The largest absolute Gasteiger partial charge is 0.296 e. The summed E-state index contributed by atoms with van der Waals surface area (Å²) < 4.78 is 1.28. The van der Waals surface area contributed by atoms with Crippen molar-refractivity contribution in [2.45, 2.75) is 25.8 Å². The molecule has 22 heavy (non-hydrogen) atoms. The quantitative estimate of drug-likeness (QED) is 0.695. The predicted octanol–water partition coefficient (Wildman–Crippen LogP) is 4.46. The number of thiazole rings is 1. The van der Waals surface area contributed by atoms with Crippen LogP contribution in [0.2, 0.25) is 0 Å². The van der Waals surface area contributed by atoms with Gasteiger partial charge in [0, 0.05) is 19.1 Å². The maximum absolute atomic E-state index is 4.46. The first-order valence-electron chi connectivity index (χ1n) is 7.95. The van der Waals surface area contributed by atoms with Crippen molar-refractivity contribution in [2.24, 2.45) is 0 Å². The van der Waals surface area contributed by atoms with Crippen LogP contribution in [0.5, 0.6) is 0 Å². The van der Waals surface area contributed by atoms with Crippen molar-refractivity contribution in [3.63, 3.8) is 0 Å². The number of nitrogens with zero attached hydrogens (tertiary/aromatic N) is 2. The maximum Gasteiger partial charge on any atom is 0.0815 e. The van der Waals surface area contributed by atoms with Gasteiger partial charge < -0.3 is 0 Å². The van der Waals surface area contributed by atoms with E-state index in [1.807, 2.05) is 5.51 Å². The van der Waals surface area contributed by atoms with E-state index in [1.165, 1.54) is 21.4 Å². The highest BCUT2D eigenvalue weighted by Crippen LogP contribution is 2.27. The van der Waals surface area contributed by atoms with Gasteiger partial charge in [-0.1, -0.05) is 30.3 Å². The summed E-state index contributed by atoms with van der Waals surface area (Å²) in [6.07, 6.45) is 2.30. The van der Waals surface area contributed by atoms with Crippen LogP contribution >= 0.6 is 11.3 Å². The Morgan fingerprint density at radius 1 is 1.05 bits per heavy atom. The summed E-state index contributed by atoms with van der Waals surface area (Å²) in [5.41, 5.74) is 7.48. The van der Waals surface area contributed by atoms with Gasteiger partial charge in [0.1, 0.15) is 0 Å². The van der Waals surface area contributed by atoms with Crippen LogP contribution in [0.3, 0.4) is 0 Å². The van der Waals surface area contributed by atoms with Crippen LogP contribution in [0.1, 0.15) is 29.7 Å². The van der Waals surface area contributed by atoms with Crippen molar-refractivity contribution >= 4 is 21.6 Å². The first-order chi connectivity index (χ1) is 10.8. The smallest absolute Gasteiger partial charge is 0.0815 e. The van der Waals surface area contributed by atoms with Gasteiger partial charge in [0.2, 0.25) is 0 Å². The van der Waals surface area contributed by atoms with E-state index in [1.54, 1.807) is 11.3 Å². The third kappa shape index (κ3) is 2.55. The lowest BCUT2D eigenvalue weighted by Gasteiger charge is -2.28. The van der Waals surface area contributed by atoms with E-state index in [2.05, 4.69) is 59.3 Å². The van der Waals surface area contributed by atoms with Crippen LogP contribution in [0.4, 0.5) is 0 Å². The van der Waals surface area contributed by atoms with Gasteiger partial charge in [0.15, 0.2) is 0 Å². The summed E-state index contributed by atoms with van der Waals surface area (Å²) in [5.74, 6) is 0. The van der Waals surface area contributed by atoms with Crippen molar-refractivity contribution in [2.75, 3.05) is 13.1 Å². The lowest BCUT2D eigenvalue weighted by atomic mass is 10.0. The SMILES string of the molecule is C[C@@H](c1ccc2scnc2c1)N1CCc2ccccc2CC1. The predicted molar refractivity (Wildman–Crippen MR) is 93.5 cm³/mol. The molecule has 0 saturated carbocycles. The summed E-state index contributed by atoms with van der Waals surface area (Å²) >= 11 is 1.71. The molecule has 4 rings (SSSR count). The van der Waals surface area contributed by atoms with Gasteiger partial charge in [-0.3, -0.25) is 4.90 Å². The number of aromatic nitrogens is 1. The van der Waals surface area contributed by atoms with E-state index >= 15 is 0 Å². The number of fused-ring (bicyclic) bond motifs is 2. The Morgan fingerprint density at radius 3 is 2.50 bits per heavy atom. The number of rotatable bonds is 2. The first kappa shape index (κ1) is 13.9. The van der Waals surface area contributed by atoms with Gasteiger partial charge in [-0.15, -0.1) is 11.3 Å². The normalized spacial score (nSPS) is 17.1. The van der Waals surface area contributed by atoms with E-state index in [-0.39, 0.29) is 0 Å². The standard InChI is InChI=1S/C19H20N2S/c1-14(17-6-7-19-18(12-17)20-13-22-19)21-10-8-15-4-2-3-5-16(15)9-11-21/h2-7,12-14H,8-11H2,1H3/t14-/m0/s1. The third-order valence-corrected chi connectivity index (χ3v) is 5.65. The van der Waals surface area contributed by atoms with E-state index in [0.717, 1.165) is 31.4 Å². The van der Waals surface area contributed by atoms with Crippen molar-refractivity contribution in [3.8, 4) is 0 Å². The van der Waals surface area contributed by atoms with Crippen LogP contribution in [-0.4, -0.2) is 23.0 Å². The Kier molecular flexibility index (Phi) is 3.68. The summed E-state index contributed by atoms with van der Waals surface area (Å²) in [5, 5.41) is 0. The highest BCUT2D eigenvalue weighted by atomic mass is 32.1. The second-order valence-corrected chi connectivity index (χ2v) is 6.95. The van der Waals surface area contributed by atoms with Gasteiger partial charge in [0.25, 0.3) is 0 Å². The number of hydrogen-bond donors (Lipinski definition) is 0. The first-order valence-corrected chi connectivity index (χ1v) is 8.83. The average molecular weight is 308 g/mol. The van der Waals surface area contributed by atoms with Crippen LogP contribution in [-0.2, 0) is 12.8 Å². The van der Waals surface area contributed by atoms with Gasteiger partial charge in [-0.25, -0.2) is 4.98 Å². The molecule has 0 N–H and O–H groups in total. The molecule has 0 bridgehead atoms. The Hall–Kier alpha value is -1.71. The lowest BCUT2D eigenvalue weighted by Crippen LogP contribution is -2.29. The van der Waals surface area contributed by atoms with Crippen LogP contribution < -0.4 is 0 Å². The molecule has 0 radical (unpaired) electrons. The van der Waals surface area contributed by atoms with E-state index < -0.39 is 0 Å². The monoisotopic (exact) mass is 308 g/mol. The second-order valence-electron chi connectivity index (χ2n) is 6.06. The molecule has 0 spiro atoms. The summed E-state index contributed by atoms with van der Waals surface area (Å²) in [4.78, 5) is 7.06. The van der Waals surface area contributed by atoms with Crippen LogP contribution in [0, 0.1) is 0 Å². The summed E-state index contributed by atoms with van der Waals surface area (Å²) in [6, 6.07) is 16.1. The van der Waals surface area contributed by atoms with Gasteiger partial charge in [-0.05, 0) is 48.6 Å². The zero-order valence-electron chi connectivity index (χ0n) is 12.8. The Morgan fingerprint density at radius 2 is 1.77 bits per heavy atom. The van der Waals surface area contributed by atoms with Crippen molar-refractivity contribution < 1.29 is 0 Å². The molecule has 3 heteroatoms. The molecule has 0 aliphatic carbocycles. The minimum atomic E-state index is 0.445. The molecule has 112 valence electrons. The molecule has 1 aliphatic heterocycles. The second kappa shape index (κ2) is 5.82. The Balaban J connectivity index is 1.56. The van der Waals surface area contributed by atoms with E-state index in [0.29, 0.717) is 6.04 Å². The minimum absolute atomic E-state index is 0.445. The molecule has 2 heterocycles. The molecule has 0 saturated heterocycles. The molecule has 1 aliphatic rings. The zero-order chi connectivity index (χ0) is 14.9. The van der Waals surface area contributed by atoms with Gasteiger partial charge >= 0.3 is 0 Å². The molecular formula is C19H20N2S. The fourth-order valence-electron chi connectivity index (χ4n) is 3.42. The van der Waals surface area contributed by atoms with Crippen molar-refractivity contribution in [3.05, 3.63) is 64.7 Å². The average Bonchev–Trinajstić information content (AvgIpc) is 2.92. The van der Waals surface area contributed by atoms with Gasteiger partial charge in [-0.2, -0.15) is 0 Å². The molecule has 3 aromatic rings. The lowest BCUT2D eigenvalue weighted by molar-refractivity contribution is 0.221. The summed E-state index contributed by atoms with van der Waals surface area (Å²) in [7, 11) is 0. The fourth-order valence-corrected chi connectivity index (χ4v) is 4.08. The summed E-state index contributed by atoms with van der Waals surface area (Å²) in [6.45, 7) is 4.59. The molecule has 2 nitrogen and oxygen atoms in total. The highest BCUT2D eigenvalue weighted by Gasteiger charge is 2.19. The van der Waals surface area contributed by atoms with E-state index in [9.17, 15) is 0 Å². The fraction of sp³-hybridized carbons (Fsp3) is 0.316. The Bertz CT molecular complexity index is 766. The molecular weight excluding hydrogens is 288 g/mol. The molecule has 0 amide bonds. The molecule has 2 aromatic carbocycles. The zero-order valence-corrected chi connectivity index (χ0v) is 13.6. The van der Waals surface area contributed by atoms with Crippen LogP contribution in [0.25, 0.3) is 10.2 Å². The maximum atomic E-state index is 4.46.